The van der Waals surface area contributed by atoms with E-state index in [0.29, 0.717) is 44.1 Å². The van der Waals surface area contributed by atoms with E-state index in [4.69, 9.17) is 9.84 Å². The van der Waals surface area contributed by atoms with Gasteiger partial charge in [0.25, 0.3) is 0 Å². The lowest BCUT2D eigenvalue weighted by Gasteiger charge is -2.58. The number of amides is 1. The number of fused-ring (bicyclic) bond motifs is 5. The van der Waals surface area contributed by atoms with Crippen LogP contribution in [-0.2, 0) is 28.7 Å². The molecule has 0 aliphatic heterocycles. The number of allylic oxidation sites excluding steroid dienone is 1. The predicted octanol–water partition coefficient (Wildman–Crippen LogP) is 4.15. The van der Waals surface area contributed by atoms with Gasteiger partial charge >= 0.3 is 11.9 Å². The van der Waals surface area contributed by atoms with Gasteiger partial charge in [-0.05, 0) is 106 Å². The van der Waals surface area contributed by atoms with Gasteiger partial charge in [-0.2, -0.15) is 0 Å². The van der Waals surface area contributed by atoms with Crippen LogP contribution in [0.25, 0.3) is 0 Å². The van der Waals surface area contributed by atoms with Crippen molar-refractivity contribution in [2.45, 2.75) is 109 Å². The van der Waals surface area contributed by atoms with Crippen molar-refractivity contribution in [2.75, 3.05) is 13.2 Å². The van der Waals surface area contributed by atoms with Crippen LogP contribution in [0, 0.1) is 40.4 Å². The lowest BCUT2D eigenvalue weighted by Crippen LogP contribution is -2.58. The van der Waals surface area contributed by atoms with E-state index in [1.807, 2.05) is 13.0 Å². The normalized spacial score (nSPS) is 39.3. The number of carbonyl (C=O) groups excluding carboxylic acids is 4. The van der Waals surface area contributed by atoms with Crippen LogP contribution in [0.1, 0.15) is 104 Å². The zero-order valence-electron chi connectivity index (χ0n) is 25.1. The maximum Gasteiger partial charge on any atom is 0.306 e. The van der Waals surface area contributed by atoms with Crippen molar-refractivity contribution in [2.24, 2.45) is 40.4 Å². The van der Waals surface area contributed by atoms with Crippen molar-refractivity contribution < 1.29 is 38.9 Å². The lowest BCUT2D eigenvalue weighted by molar-refractivity contribution is -0.170. The molecule has 5 rings (SSSR count). The summed E-state index contributed by atoms with van der Waals surface area (Å²) in [6, 6.07) is 0. The number of ether oxygens (including phenoxy) is 1. The number of rotatable bonds is 9. The summed E-state index contributed by atoms with van der Waals surface area (Å²) in [5, 5.41) is 23.8. The highest BCUT2D eigenvalue weighted by Gasteiger charge is 2.66. The number of carbonyl (C=O) groups is 5. The number of ketones is 2. The van der Waals surface area contributed by atoms with Crippen LogP contribution in [0.4, 0.5) is 0 Å². The number of nitrogens with one attached hydrogen (secondary N) is 1. The molecule has 6 atom stereocenters. The summed E-state index contributed by atoms with van der Waals surface area (Å²) in [5.41, 5.74) is -0.816. The number of aliphatic hydroxyl groups is 1. The summed E-state index contributed by atoms with van der Waals surface area (Å²) in [5.74, 6) is -0.903. The second-order valence-corrected chi connectivity index (χ2v) is 14.3. The summed E-state index contributed by atoms with van der Waals surface area (Å²) in [6.07, 6.45) is 10.5. The Hall–Kier alpha value is -2.55. The van der Waals surface area contributed by atoms with Gasteiger partial charge in [-0.25, -0.2) is 0 Å². The molecule has 1 amide bonds. The molecule has 0 heterocycles. The maximum absolute atomic E-state index is 13.4. The Morgan fingerprint density at radius 3 is 2.36 bits per heavy atom. The van der Waals surface area contributed by atoms with Gasteiger partial charge in [-0.15, -0.1) is 0 Å². The molecule has 0 aromatic rings. The molecule has 0 bridgehead atoms. The van der Waals surface area contributed by atoms with Crippen molar-refractivity contribution >= 4 is 29.4 Å². The first-order valence-corrected chi connectivity index (χ1v) is 16.0. The largest absolute Gasteiger partial charge is 0.481 e. The predicted molar refractivity (Wildman–Crippen MR) is 153 cm³/mol. The minimum atomic E-state index is -1.54. The van der Waals surface area contributed by atoms with Gasteiger partial charge in [0.15, 0.2) is 12.4 Å². The fraction of sp³-hybridized carbons (Fsp3) is 0.788. The van der Waals surface area contributed by atoms with Gasteiger partial charge in [0.1, 0.15) is 5.60 Å². The zero-order chi connectivity index (χ0) is 30.3. The Morgan fingerprint density at radius 2 is 1.64 bits per heavy atom. The molecule has 6 unspecified atom stereocenters. The van der Waals surface area contributed by atoms with Crippen molar-refractivity contribution in [3.05, 3.63) is 11.6 Å². The zero-order valence-corrected chi connectivity index (χ0v) is 25.1. The number of carboxylic acids is 1. The molecular formula is C33H47NO8. The van der Waals surface area contributed by atoms with Crippen molar-refractivity contribution in [1.82, 2.24) is 5.32 Å². The van der Waals surface area contributed by atoms with Gasteiger partial charge in [0.05, 0.1) is 12.3 Å². The van der Waals surface area contributed by atoms with E-state index >= 15 is 0 Å². The third-order valence-electron chi connectivity index (χ3n) is 12.3. The number of hydrogen-bond donors (Lipinski definition) is 3. The maximum atomic E-state index is 13.4. The highest BCUT2D eigenvalue weighted by atomic mass is 16.5. The fourth-order valence-electron chi connectivity index (χ4n) is 9.55. The van der Waals surface area contributed by atoms with Gasteiger partial charge < -0.3 is 20.3 Å². The van der Waals surface area contributed by atoms with E-state index in [-0.39, 0.29) is 47.7 Å². The second kappa shape index (κ2) is 11.9. The first kappa shape index (κ1) is 30.9. The molecule has 5 aliphatic rings. The molecule has 232 valence electrons. The van der Waals surface area contributed by atoms with Gasteiger partial charge in [0, 0.05) is 24.8 Å². The van der Waals surface area contributed by atoms with Crippen molar-refractivity contribution in [3.8, 4) is 0 Å². The standard InChI is InChI=1S/C33H47NO8/c1-31-14-11-23(35)17-22(31)7-8-24-25(31)12-15-32(2)26(24)13-16-33(32,41)27(36)19-42-29(38)10-9-28(37)34-18-20-3-5-21(6-4-20)30(39)40/h17,20-21,24-26,41H,3-16,18-19H2,1-2H3,(H,34,37)(H,39,40). The van der Waals surface area contributed by atoms with E-state index in [1.54, 1.807) is 0 Å². The van der Waals surface area contributed by atoms with Gasteiger partial charge in [-0.1, -0.05) is 19.4 Å². The molecular weight excluding hydrogens is 538 g/mol. The Bertz CT molecular complexity index is 1150. The molecule has 4 saturated carbocycles. The number of Topliss-reactive ketones (excluding diaryl/α,β-unsaturated/α-hetero) is 1. The van der Waals surface area contributed by atoms with Crippen LogP contribution in [0.15, 0.2) is 11.6 Å². The monoisotopic (exact) mass is 585 g/mol. The number of esters is 1. The highest BCUT2D eigenvalue weighted by molar-refractivity contribution is 5.92. The minimum absolute atomic E-state index is 0.0184. The van der Waals surface area contributed by atoms with Crippen LogP contribution in [0.5, 0.6) is 0 Å². The lowest BCUT2D eigenvalue weighted by atomic mass is 9.46. The van der Waals surface area contributed by atoms with Gasteiger partial charge in [0.2, 0.25) is 11.7 Å². The van der Waals surface area contributed by atoms with Crippen molar-refractivity contribution in [3.63, 3.8) is 0 Å². The summed E-state index contributed by atoms with van der Waals surface area (Å²) in [4.78, 5) is 61.3. The van der Waals surface area contributed by atoms with Crippen molar-refractivity contribution in [1.29, 1.82) is 0 Å². The third kappa shape index (κ3) is 5.58. The number of carboxylic acid groups (broad SMARTS) is 1. The first-order chi connectivity index (χ1) is 19.9. The van der Waals surface area contributed by atoms with E-state index in [0.717, 1.165) is 51.4 Å². The Balaban J connectivity index is 1.09. The van der Waals surface area contributed by atoms with Crippen LogP contribution >= 0.6 is 0 Å². The Morgan fingerprint density at radius 1 is 0.929 bits per heavy atom. The van der Waals surface area contributed by atoms with Gasteiger partial charge in [-0.3, -0.25) is 24.0 Å². The van der Waals surface area contributed by atoms with Crippen LogP contribution < -0.4 is 5.32 Å². The Kier molecular flexibility index (Phi) is 8.72. The average Bonchev–Trinajstić information content (AvgIpc) is 3.25. The summed E-state index contributed by atoms with van der Waals surface area (Å²) < 4.78 is 5.27. The molecule has 9 heteroatoms. The molecule has 9 nitrogen and oxygen atoms in total. The summed E-state index contributed by atoms with van der Waals surface area (Å²) in [6.45, 7) is 4.31. The molecule has 5 aliphatic carbocycles. The molecule has 4 fully saturated rings. The number of hydrogen-bond acceptors (Lipinski definition) is 7. The van der Waals surface area contributed by atoms with E-state index in [1.165, 1.54) is 5.57 Å². The van der Waals surface area contributed by atoms with Crippen LogP contribution in [0.3, 0.4) is 0 Å². The van der Waals surface area contributed by atoms with E-state index < -0.39 is 35.3 Å². The molecule has 0 saturated heterocycles. The highest BCUT2D eigenvalue weighted by Crippen LogP contribution is 2.67. The summed E-state index contributed by atoms with van der Waals surface area (Å²) in [7, 11) is 0. The Labute approximate surface area is 248 Å². The van der Waals surface area contributed by atoms with E-state index in [9.17, 15) is 29.1 Å². The van der Waals surface area contributed by atoms with Crippen LogP contribution in [-0.4, -0.2) is 58.4 Å². The first-order valence-electron chi connectivity index (χ1n) is 16.0. The second-order valence-electron chi connectivity index (χ2n) is 14.3. The minimum Gasteiger partial charge on any atom is -0.481 e. The third-order valence-corrected chi connectivity index (χ3v) is 12.3. The summed E-state index contributed by atoms with van der Waals surface area (Å²) >= 11 is 0. The molecule has 42 heavy (non-hydrogen) atoms. The smallest absolute Gasteiger partial charge is 0.306 e. The average molecular weight is 586 g/mol. The molecule has 0 spiro atoms. The van der Waals surface area contributed by atoms with E-state index in [2.05, 4.69) is 12.2 Å². The molecule has 0 aromatic carbocycles. The topological polar surface area (TPSA) is 147 Å². The molecule has 0 radical (unpaired) electrons. The number of aliphatic carboxylic acids is 1. The quantitative estimate of drug-likeness (QED) is 0.342. The molecule has 3 N–H and O–H groups in total. The SMILES string of the molecule is CC12CCC(=O)C=C1CCC1C2CCC2(C)C1CCC2(O)C(=O)COC(=O)CCC(=O)NCC1CCC(C(=O)O)CC1. The molecule has 0 aromatic heterocycles. The van der Waals surface area contributed by atoms with Crippen LogP contribution in [0.2, 0.25) is 0 Å². The fourth-order valence-corrected chi connectivity index (χ4v) is 9.55.